The van der Waals surface area contributed by atoms with E-state index in [1.807, 2.05) is 13.0 Å². The SMILES string of the molecule is CCOC(=O)C1CCC(c2ccc(N)c(F)c2)CC1. The summed E-state index contributed by atoms with van der Waals surface area (Å²) in [5, 5.41) is 0. The van der Waals surface area contributed by atoms with Crippen LogP contribution in [0.1, 0.15) is 44.1 Å². The smallest absolute Gasteiger partial charge is 0.308 e. The minimum Gasteiger partial charge on any atom is -0.466 e. The van der Waals surface area contributed by atoms with Crippen molar-refractivity contribution >= 4 is 11.7 Å². The van der Waals surface area contributed by atoms with E-state index in [2.05, 4.69) is 0 Å². The molecule has 2 N–H and O–H groups in total. The van der Waals surface area contributed by atoms with Crippen molar-refractivity contribution in [3.8, 4) is 0 Å². The van der Waals surface area contributed by atoms with Crippen molar-refractivity contribution in [3.05, 3.63) is 29.6 Å². The molecule has 0 aliphatic heterocycles. The highest BCUT2D eigenvalue weighted by Gasteiger charge is 2.28. The molecule has 1 aliphatic carbocycles. The second kappa shape index (κ2) is 6.04. The predicted octanol–water partition coefficient (Wildman–Crippen LogP) is 3.24. The summed E-state index contributed by atoms with van der Waals surface area (Å²) in [5.41, 5.74) is 6.64. The summed E-state index contributed by atoms with van der Waals surface area (Å²) in [7, 11) is 0. The van der Waals surface area contributed by atoms with Crippen molar-refractivity contribution in [2.75, 3.05) is 12.3 Å². The zero-order valence-electron chi connectivity index (χ0n) is 11.2. The highest BCUT2D eigenvalue weighted by atomic mass is 19.1. The van der Waals surface area contributed by atoms with Crippen LogP contribution in [0.2, 0.25) is 0 Å². The monoisotopic (exact) mass is 265 g/mol. The Morgan fingerprint density at radius 1 is 1.37 bits per heavy atom. The number of carbonyl (C=O) groups is 1. The number of ether oxygens (including phenoxy) is 1. The molecule has 0 radical (unpaired) electrons. The fraction of sp³-hybridized carbons (Fsp3) is 0.533. The first-order chi connectivity index (χ1) is 9.11. The van der Waals surface area contributed by atoms with E-state index in [-0.39, 0.29) is 23.4 Å². The van der Waals surface area contributed by atoms with Crippen molar-refractivity contribution in [1.29, 1.82) is 0 Å². The standard InChI is InChI=1S/C15H20FNO2/c1-2-19-15(18)11-5-3-10(4-6-11)12-7-8-14(17)13(16)9-12/h7-11H,2-6,17H2,1H3. The quantitative estimate of drug-likeness (QED) is 0.674. The normalized spacial score (nSPS) is 23.1. The summed E-state index contributed by atoms with van der Waals surface area (Å²) in [6.07, 6.45) is 3.42. The first-order valence-electron chi connectivity index (χ1n) is 6.83. The van der Waals surface area contributed by atoms with E-state index >= 15 is 0 Å². The van der Waals surface area contributed by atoms with Crippen LogP contribution >= 0.6 is 0 Å². The maximum atomic E-state index is 13.4. The van der Waals surface area contributed by atoms with Crippen molar-refractivity contribution in [3.63, 3.8) is 0 Å². The minimum atomic E-state index is -0.356. The molecule has 0 spiro atoms. The molecule has 3 nitrogen and oxygen atoms in total. The molecule has 0 saturated heterocycles. The highest BCUT2D eigenvalue weighted by Crippen LogP contribution is 2.36. The molecule has 104 valence electrons. The first-order valence-corrected chi connectivity index (χ1v) is 6.83. The summed E-state index contributed by atoms with van der Waals surface area (Å²) in [4.78, 5) is 11.6. The van der Waals surface area contributed by atoms with Crippen molar-refractivity contribution in [2.24, 2.45) is 5.92 Å². The largest absolute Gasteiger partial charge is 0.466 e. The van der Waals surface area contributed by atoms with Crippen LogP contribution in [0, 0.1) is 11.7 Å². The second-order valence-corrected chi connectivity index (χ2v) is 5.08. The Morgan fingerprint density at radius 2 is 2.05 bits per heavy atom. The van der Waals surface area contributed by atoms with Gasteiger partial charge in [0.15, 0.2) is 0 Å². The van der Waals surface area contributed by atoms with Gasteiger partial charge in [0.1, 0.15) is 5.82 Å². The van der Waals surface area contributed by atoms with E-state index in [0.717, 1.165) is 31.2 Å². The van der Waals surface area contributed by atoms with Crippen LogP contribution in [0.15, 0.2) is 18.2 Å². The summed E-state index contributed by atoms with van der Waals surface area (Å²) in [6.45, 7) is 2.25. The Morgan fingerprint density at radius 3 is 2.63 bits per heavy atom. The average molecular weight is 265 g/mol. The molecule has 0 amide bonds. The number of carbonyl (C=O) groups excluding carboxylic acids is 1. The first kappa shape index (κ1) is 13.8. The Bertz CT molecular complexity index is 453. The molecule has 0 bridgehead atoms. The third kappa shape index (κ3) is 3.25. The molecule has 2 rings (SSSR count). The summed E-state index contributed by atoms with van der Waals surface area (Å²) >= 11 is 0. The Hall–Kier alpha value is -1.58. The molecule has 0 aromatic heterocycles. The lowest BCUT2D eigenvalue weighted by Crippen LogP contribution is -2.23. The minimum absolute atomic E-state index is 0.00910. The van der Waals surface area contributed by atoms with Gasteiger partial charge in [-0.3, -0.25) is 4.79 Å². The van der Waals surface area contributed by atoms with Crippen LogP contribution in [0.4, 0.5) is 10.1 Å². The molecule has 1 aromatic carbocycles. The Balaban J connectivity index is 1.96. The predicted molar refractivity (Wildman–Crippen MR) is 72.1 cm³/mol. The van der Waals surface area contributed by atoms with Gasteiger partial charge in [0.25, 0.3) is 0 Å². The lowest BCUT2D eigenvalue weighted by atomic mass is 9.78. The maximum Gasteiger partial charge on any atom is 0.308 e. The van der Waals surface area contributed by atoms with Crippen LogP contribution in [-0.4, -0.2) is 12.6 Å². The van der Waals surface area contributed by atoms with E-state index in [1.54, 1.807) is 6.07 Å². The van der Waals surface area contributed by atoms with Crippen LogP contribution in [0.25, 0.3) is 0 Å². The van der Waals surface area contributed by atoms with E-state index in [1.165, 1.54) is 6.07 Å². The molecule has 0 atom stereocenters. The van der Waals surface area contributed by atoms with Crippen LogP contribution in [0.5, 0.6) is 0 Å². The van der Waals surface area contributed by atoms with Gasteiger partial charge in [-0.15, -0.1) is 0 Å². The number of benzene rings is 1. The number of hydrogen-bond donors (Lipinski definition) is 1. The molecule has 1 fully saturated rings. The van der Waals surface area contributed by atoms with E-state index < -0.39 is 0 Å². The van der Waals surface area contributed by atoms with Crippen molar-refractivity contribution in [1.82, 2.24) is 0 Å². The number of halogens is 1. The topological polar surface area (TPSA) is 52.3 Å². The van der Waals surface area contributed by atoms with Crippen molar-refractivity contribution < 1.29 is 13.9 Å². The third-order valence-electron chi connectivity index (χ3n) is 3.84. The number of esters is 1. The Labute approximate surface area is 112 Å². The van der Waals surface area contributed by atoms with Gasteiger partial charge < -0.3 is 10.5 Å². The number of hydrogen-bond acceptors (Lipinski definition) is 3. The van der Waals surface area contributed by atoms with E-state index in [9.17, 15) is 9.18 Å². The van der Waals surface area contributed by atoms with Crippen LogP contribution < -0.4 is 5.73 Å². The molecular formula is C15H20FNO2. The molecule has 0 unspecified atom stereocenters. The van der Waals surface area contributed by atoms with Crippen molar-refractivity contribution in [2.45, 2.75) is 38.5 Å². The molecule has 4 heteroatoms. The lowest BCUT2D eigenvalue weighted by molar-refractivity contribution is -0.149. The average Bonchev–Trinajstić information content (AvgIpc) is 2.42. The molecule has 19 heavy (non-hydrogen) atoms. The summed E-state index contributed by atoms with van der Waals surface area (Å²) < 4.78 is 18.5. The highest BCUT2D eigenvalue weighted by molar-refractivity contribution is 5.72. The maximum absolute atomic E-state index is 13.4. The molecular weight excluding hydrogens is 245 g/mol. The van der Waals surface area contributed by atoms with Gasteiger partial charge in [-0.1, -0.05) is 6.07 Å². The summed E-state index contributed by atoms with van der Waals surface area (Å²) in [5.74, 6) is -0.120. The van der Waals surface area contributed by atoms with E-state index in [4.69, 9.17) is 10.5 Å². The number of nitrogen functional groups attached to an aromatic ring is 1. The zero-order chi connectivity index (χ0) is 13.8. The lowest BCUT2D eigenvalue weighted by Gasteiger charge is -2.27. The molecule has 1 aliphatic rings. The van der Waals surface area contributed by atoms with Crippen LogP contribution in [0.3, 0.4) is 0 Å². The second-order valence-electron chi connectivity index (χ2n) is 5.08. The van der Waals surface area contributed by atoms with Crippen LogP contribution in [-0.2, 0) is 9.53 Å². The number of rotatable bonds is 3. The molecule has 0 heterocycles. The zero-order valence-corrected chi connectivity index (χ0v) is 11.2. The van der Waals surface area contributed by atoms with Gasteiger partial charge >= 0.3 is 5.97 Å². The van der Waals surface area contributed by atoms with E-state index in [0.29, 0.717) is 12.5 Å². The van der Waals surface area contributed by atoms with Gasteiger partial charge in [-0.05, 0) is 56.2 Å². The molecule has 1 aromatic rings. The Kier molecular flexibility index (Phi) is 4.40. The summed E-state index contributed by atoms with van der Waals surface area (Å²) in [6, 6.07) is 5.01. The van der Waals surface area contributed by atoms with Gasteiger partial charge in [0.2, 0.25) is 0 Å². The van der Waals surface area contributed by atoms with Gasteiger partial charge in [0, 0.05) is 0 Å². The number of anilines is 1. The van der Waals surface area contributed by atoms with Gasteiger partial charge in [-0.2, -0.15) is 0 Å². The fourth-order valence-corrected chi connectivity index (χ4v) is 2.72. The van der Waals surface area contributed by atoms with Gasteiger partial charge in [-0.25, -0.2) is 4.39 Å². The molecule has 1 saturated carbocycles. The third-order valence-corrected chi connectivity index (χ3v) is 3.84. The fourth-order valence-electron chi connectivity index (χ4n) is 2.72. The van der Waals surface area contributed by atoms with Gasteiger partial charge in [0.05, 0.1) is 18.2 Å². The number of nitrogens with two attached hydrogens (primary N) is 1.